The molecule has 0 aliphatic carbocycles. The van der Waals surface area contributed by atoms with E-state index in [1.54, 1.807) is 11.3 Å². The van der Waals surface area contributed by atoms with Gasteiger partial charge in [0.15, 0.2) is 0 Å². The number of thiazole rings is 1. The highest BCUT2D eigenvalue weighted by atomic mass is 32.1. The molecule has 0 radical (unpaired) electrons. The number of piperazine rings is 1. The number of rotatable bonds is 4. The van der Waals surface area contributed by atoms with Crippen molar-refractivity contribution in [3.05, 3.63) is 16.1 Å². The maximum absolute atomic E-state index is 4.55. The van der Waals surface area contributed by atoms with Gasteiger partial charge < -0.3 is 5.32 Å². The van der Waals surface area contributed by atoms with Crippen LogP contribution in [0.1, 0.15) is 37.9 Å². The molecule has 1 fully saturated rings. The molecule has 4 heteroatoms. The first kappa shape index (κ1) is 14.0. The third-order valence-electron chi connectivity index (χ3n) is 4.06. The summed E-state index contributed by atoms with van der Waals surface area (Å²) in [6, 6.07) is 0.630. The first-order chi connectivity index (χ1) is 8.52. The van der Waals surface area contributed by atoms with Crippen molar-refractivity contribution in [2.45, 2.75) is 52.1 Å². The molecule has 1 saturated heterocycles. The molecule has 0 aromatic carbocycles. The van der Waals surface area contributed by atoms with Crippen LogP contribution in [0, 0.1) is 6.92 Å². The summed E-state index contributed by atoms with van der Waals surface area (Å²) in [6.45, 7) is 12.4. The van der Waals surface area contributed by atoms with Crippen LogP contribution in [0.2, 0.25) is 0 Å². The van der Waals surface area contributed by atoms with E-state index in [9.17, 15) is 0 Å². The second-order valence-electron chi connectivity index (χ2n) is 5.75. The van der Waals surface area contributed by atoms with Gasteiger partial charge in [-0.15, -0.1) is 11.3 Å². The first-order valence-corrected chi connectivity index (χ1v) is 7.80. The molecule has 2 rings (SSSR count). The molecule has 0 saturated carbocycles. The fraction of sp³-hybridized carbons (Fsp3) is 0.786. The van der Waals surface area contributed by atoms with E-state index in [1.165, 1.54) is 11.4 Å². The van der Waals surface area contributed by atoms with Crippen LogP contribution in [-0.2, 0) is 6.42 Å². The molecule has 0 bridgehead atoms. The van der Waals surface area contributed by atoms with Crippen LogP contribution in [0.25, 0.3) is 0 Å². The lowest BCUT2D eigenvalue weighted by Crippen LogP contribution is -2.62. The predicted octanol–water partition coefficient (Wildman–Crippen LogP) is 2.46. The van der Waals surface area contributed by atoms with E-state index >= 15 is 0 Å². The second-order valence-corrected chi connectivity index (χ2v) is 6.69. The van der Waals surface area contributed by atoms with Crippen molar-refractivity contribution in [1.82, 2.24) is 15.2 Å². The molecule has 2 atom stereocenters. The molecule has 3 nitrogen and oxygen atoms in total. The SMILES string of the molecule is CCC1(C)CN(CCc2nc(C)cs2)C(C)CN1. The van der Waals surface area contributed by atoms with Crippen molar-refractivity contribution >= 4 is 11.3 Å². The number of hydrogen-bond donors (Lipinski definition) is 1. The Morgan fingerprint density at radius 3 is 3.00 bits per heavy atom. The van der Waals surface area contributed by atoms with Crippen molar-refractivity contribution in [3.8, 4) is 0 Å². The predicted molar refractivity (Wildman–Crippen MR) is 78.3 cm³/mol. The van der Waals surface area contributed by atoms with Crippen molar-refractivity contribution in [3.63, 3.8) is 0 Å². The normalized spacial score (nSPS) is 29.7. The van der Waals surface area contributed by atoms with Gasteiger partial charge in [0.05, 0.1) is 5.01 Å². The Balaban J connectivity index is 1.91. The molecule has 18 heavy (non-hydrogen) atoms. The van der Waals surface area contributed by atoms with E-state index in [0.29, 0.717) is 6.04 Å². The fourth-order valence-electron chi connectivity index (χ4n) is 2.48. The quantitative estimate of drug-likeness (QED) is 0.908. The van der Waals surface area contributed by atoms with Crippen LogP contribution in [-0.4, -0.2) is 41.1 Å². The van der Waals surface area contributed by atoms with Gasteiger partial charge >= 0.3 is 0 Å². The zero-order valence-electron chi connectivity index (χ0n) is 12.0. The zero-order valence-corrected chi connectivity index (χ0v) is 12.8. The van der Waals surface area contributed by atoms with Crippen molar-refractivity contribution in [2.24, 2.45) is 0 Å². The number of nitrogens with one attached hydrogen (secondary N) is 1. The Hall–Kier alpha value is -0.450. The van der Waals surface area contributed by atoms with Crippen LogP contribution >= 0.6 is 11.3 Å². The monoisotopic (exact) mass is 267 g/mol. The summed E-state index contributed by atoms with van der Waals surface area (Å²) in [5.41, 5.74) is 1.44. The van der Waals surface area contributed by atoms with Gasteiger partial charge in [0.25, 0.3) is 0 Å². The summed E-state index contributed by atoms with van der Waals surface area (Å²) in [7, 11) is 0. The van der Waals surface area contributed by atoms with Gasteiger partial charge in [0, 0.05) is 48.7 Å². The lowest BCUT2D eigenvalue weighted by molar-refractivity contribution is 0.0943. The summed E-state index contributed by atoms with van der Waals surface area (Å²) in [5.74, 6) is 0. The topological polar surface area (TPSA) is 28.2 Å². The van der Waals surface area contributed by atoms with E-state index in [1.807, 2.05) is 0 Å². The van der Waals surface area contributed by atoms with Crippen LogP contribution in [0.3, 0.4) is 0 Å². The fourth-order valence-corrected chi connectivity index (χ4v) is 3.24. The van der Waals surface area contributed by atoms with E-state index in [4.69, 9.17) is 0 Å². The molecule has 1 N–H and O–H groups in total. The smallest absolute Gasteiger partial charge is 0.0940 e. The molecule has 1 aromatic rings. The lowest BCUT2D eigenvalue weighted by Gasteiger charge is -2.45. The lowest BCUT2D eigenvalue weighted by atomic mass is 9.94. The number of aryl methyl sites for hydroxylation is 1. The summed E-state index contributed by atoms with van der Waals surface area (Å²) in [5, 5.41) is 7.09. The molecule has 2 heterocycles. The molecule has 2 unspecified atom stereocenters. The minimum Gasteiger partial charge on any atom is -0.309 e. The van der Waals surface area contributed by atoms with E-state index in [-0.39, 0.29) is 5.54 Å². The average molecular weight is 267 g/mol. The van der Waals surface area contributed by atoms with Gasteiger partial charge in [0.2, 0.25) is 0 Å². The number of aromatic nitrogens is 1. The van der Waals surface area contributed by atoms with Crippen LogP contribution in [0.4, 0.5) is 0 Å². The maximum Gasteiger partial charge on any atom is 0.0940 e. The molecule has 1 aliphatic rings. The van der Waals surface area contributed by atoms with Gasteiger partial charge in [-0.1, -0.05) is 6.92 Å². The van der Waals surface area contributed by atoms with Crippen LogP contribution < -0.4 is 5.32 Å². The van der Waals surface area contributed by atoms with Crippen LogP contribution in [0.5, 0.6) is 0 Å². The highest BCUT2D eigenvalue weighted by molar-refractivity contribution is 7.09. The highest BCUT2D eigenvalue weighted by Crippen LogP contribution is 2.19. The third kappa shape index (κ3) is 3.31. The molecule has 102 valence electrons. The number of hydrogen-bond acceptors (Lipinski definition) is 4. The van der Waals surface area contributed by atoms with Crippen molar-refractivity contribution in [2.75, 3.05) is 19.6 Å². The molecule has 1 aromatic heterocycles. The van der Waals surface area contributed by atoms with E-state index in [2.05, 4.69) is 48.3 Å². The Bertz CT molecular complexity index is 390. The summed E-state index contributed by atoms with van der Waals surface area (Å²) >= 11 is 1.79. The maximum atomic E-state index is 4.55. The molecule has 0 spiro atoms. The Labute approximate surface area is 115 Å². The van der Waals surface area contributed by atoms with Crippen molar-refractivity contribution < 1.29 is 0 Å². The first-order valence-electron chi connectivity index (χ1n) is 6.92. The molecule has 0 amide bonds. The molecular formula is C14H25N3S. The standard InChI is InChI=1S/C14H25N3S/c1-5-14(4)10-17(12(3)8-15-14)7-6-13-16-11(2)9-18-13/h9,12,15H,5-8,10H2,1-4H3. The summed E-state index contributed by atoms with van der Waals surface area (Å²) in [4.78, 5) is 7.16. The van der Waals surface area contributed by atoms with Gasteiger partial charge in [-0.05, 0) is 27.2 Å². The zero-order chi connectivity index (χ0) is 13.2. The van der Waals surface area contributed by atoms with Crippen LogP contribution in [0.15, 0.2) is 5.38 Å². The van der Waals surface area contributed by atoms with Gasteiger partial charge in [-0.25, -0.2) is 4.98 Å². The Morgan fingerprint density at radius 2 is 2.39 bits per heavy atom. The van der Waals surface area contributed by atoms with Gasteiger partial charge in [-0.2, -0.15) is 0 Å². The Morgan fingerprint density at radius 1 is 1.61 bits per heavy atom. The van der Waals surface area contributed by atoms with E-state index < -0.39 is 0 Å². The average Bonchev–Trinajstić information content (AvgIpc) is 2.77. The second kappa shape index (κ2) is 5.68. The largest absolute Gasteiger partial charge is 0.309 e. The van der Waals surface area contributed by atoms with Gasteiger partial charge in [-0.3, -0.25) is 4.90 Å². The third-order valence-corrected chi connectivity index (χ3v) is 5.09. The molecular weight excluding hydrogens is 242 g/mol. The molecule has 1 aliphatic heterocycles. The summed E-state index contributed by atoms with van der Waals surface area (Å²) < 4.78 is 0. The Kier molecular flexibility index (Phi) is 4.41. The van der Waals surface area contributed by atoms with Gasteiger partial charge in [0.1, 0.15) is 0 Å². The number of nitrogens with zero attached hydrogens (tertiary/aromatic N) is 2. The minimum absolute atomic E-state index is 0.283. The van der Waals surface area contributed by atoms with E-state index in [0.717, 1.165) is 31.7 Å². The highest BCUT2D eigenvalue weighted by Gasteiger charge is 2.32. The minimum atomic E-state index is 0.283. The summed E-state index contributed by atoms with van der Waals surface area (Å²) in [6.07, 6.45) is 2.27. The van der Waals surface area contributed by atoms with Crippen molar-refractivity contribution in [1.29, 1.82) is 0 Å².